The number of rotatable bonds is 7. The normalized spacial score (nSPS) is 12.5. The Kier molecular flexibility index (Phi) is 8.14. The molecule has 0 heterocycles. The smallest absolute Gasteiger partial charge is 0.333 e. The van der Waals surface area contributed by atoms with Crippen molar-refractivity contribution in [1.29, 1.82) is 0 Å². The van der Waals surface area contributed by atoms with E-state index in [0.717, 1.165) is 12.8 Å². The molecular weight excluding hydrogens is 192 g/mol. The van der Waals surface area contributed by atoms with Gasteiger partial charge in [-0.2, -0.15) is 0 Å². The average Bonchev–Trinajstić information content (AvgIpc) is 2.11. The second-order valence-corrected chi connectivity index (χ2v) is 3.17. The molecule has 0 bridgehead atoms. The van der Waals surface area contributed by atoms with Crippen molar-refractivity contribution in [3.63, 3.8) is 0 Å². The summed E-state index contributed by atoms with van der Waals surface area (Å²) >= 11 is 5.73. The van der Waals surface area contributed by atoms with Gasteiger partial charge in [-0.1, -0.05) is 24.9 Å². The highest BCUT2D eigenvalue weighted by Gasteiger charge is 2.09. The van der Waals surface area contributed by atoms with Gasteiger partial charge in [-0.15, -0.1) is 0 Å². The van der Waals surface area contributed by atoms with Crippen molar-refractivity contribution < 1.29 is 14.3 Å². The summed E-state index contributed by atoms with van der Waals surface area (Å²) in [5.74, 6) is -0.391. The van der Waals surface area contributed by atoms with Crippen molar-refractivity contribution in [3.8, 4) is 0 Å². The number of halogens is 1. The molecule has 1 atom stereocenters. The quantitative estimate of drug-likeness (QED) is 0.476. The second kappa shape index (κ2) is 8.32. The maximum absolute atomic E-state index is 10.9. The number of hydrogen-bond acceptors (Lipinski definition) is 3. The van der Waals surface area contributed by atoms with Crippen molar-refractivity contribution in [2.45, 2.75) is 38.7 Å². The summed E-state index contributed by atoms with van der Waals surface area (Å²) in [6.45, 7) is 4.39. The van der Waals surface area contributed by atoms with E-state index in [2.05, 4.69) is 6.92 Å². The molecule has 0 aliphatic carbocycles. The fraction of sp³-hybridized carbons (Fsp3) is 0.889. The molecule has 3 nitrogen and oxygen atoms in total. The summed E-state index contributed by atoms with van der Waals surface area (Å²) < 4.78 is 9.72. The zero-order valence-electron chi connectivity index (χ0n) is 8.22. The van der Waals surface area contributed by atoms with Crippen LogP contribution in [0.15, 0.2) is 0 Å². The van der Waals surface area contributed by atoms with Crippen LogP contribution in [0.2, 0.25) is 0 Å². The number of carbonyl (C=O) groups excluding carboxylic acids is 1. The van der Waals surface area contributed by atoms with Gasteiger partial charge >= 0.3 is 5.97 Å². The Morgan fingerprint density at radius 3 is 2.69 bits per heavy atom. The molecule has 0 aromatic carbocycles. The van der Waals surface area contributed by atoms with Gasteiger partial charge in [0.15, 0.2) is 5.56 Å². The molecule has 0 saturated heterocycles. The molecule has 1 unspecified atom stereocenters. The molecule has 0 fully saturated rings. The van der Waals surface area contributed by atoms with E-state index in [1.165, 1.54) is 0 Å². The van der Waals surface area contributed by atoms with Gasteiger partial charge in [-0.05, 0) is 19.8 Å². The molecular formula is C9H17ClO3. The summed E-state index contributed by atoms with van der Waals surface area (Å²) in [6, 6.07) is 0. The van der Waals surface area contributed by atoms with E-state index in [1.54, 1.807) is 0 Å². The zero-order chi connectivity index (χ0) is 10.1. The molecule has 0 amide bonds. The lowest BCUT2D eigenvalue weighted by Gasteiger charge is -2.10. The molecule has 0 spiro atoms. The number of alkyl halides is 1. The summed E-state index contributed by atoms with van der Waals surface area (Å²) in [4.78, 5) is 10.9. The topological polar surface area (TPSA) is 35.5 Å². The molecule has 0 aromatic heterocycles. The van der Waals surface area contributed by atoms with E-state index in [-0.39, 0.29) is 6.61 Å². The van der Waals surface area contributed by atoms with E-state index in [1.807, 2.05) is 6.92 Å². The molecule has 0 rings (SSSR count). The first-order valence-corrected chi connectivity index (χ1v) is 5.05. The second-order valence-electron chi connectivity index (χ2n) is 2.68. The fourth-order valence-corrected chi connectivity index (χ4v) is 1.04. The predicted octanol–water partition coefficient (Wildman–Crippen LogP) is 2.32. The molecule has 0 saturated carbocycles. The summed E-state index contributed by atoms with van der Waals surface area (Å²) in [6.07, 6.45) is 2.72. The van der Waals surface area contributed by atoms with Crippen LogP contribution in [0, 0.1) is 0 Å². The monoisotopic (exact) mass is 208 g/mol. The molecule has 0 radical (unpaired) electrons. The maximum Gasteiger partial charge on any atom is 0.333 e. The summed E-state index contributed by atoms with van der Waals surface area (Å²) in [7, 11) is 0. The van der Waals surface area contributed by atoms with Gasteiger partial charge in [-0.25, -0.2) is 4.79 Å². The lowest BCUT2D eigenvalue weighted by Crippen LogP contribution is -2.17. The van der Waals surface area contributed by atoms with Crippen LogP contribution >= 0.6 is 11.6 Å². The van der Waals surface area contributed by atoms with Crippen LogP contribution in [0.4, 0.5) is 0 Å². The maximum atomic E-state index is 10.9. The number of esters is 1. The largest absolute Gasteiger partial charge is 0.444 e. The fourth-order valence-electron chi connectivity index (χ4n) is 0.786. The minimum atomic E-state index is -0.507. The highest BCUT2D eigenvalue weighted by molar-refractivity contribution is 6.20. The van der Waals surface area contributed by atoms with Gasteiger partial charge < -0.3 is 9.47 Å². The Labute approximate surface area is 84.4 Å². The van der Waals surface area contributed by atoms with Crippen LogP contribution in [0.5, 0.6) is 0 Å². The molecule has 4 heteroatoms. The van der Waals surface area contributed by atoms with E-state index < -0.39 is 11.5 Å². The lowest BCUT2D eigenvalue weighted by molar-refractivity contribution is -0.150. The number of hydrogen-bond donors (Lipinski definition) is 0. The Hall–Kier alpha value is -0.280. The zero-order valence-corrected chi connectivity index (χ0v) is 8.97. The first-order chi connectivity index (χ1) is 6.20. The minimum absolute atomic E-state index is 0.00809. The van der Waals surface area contributed by atoms with E-state index in [9.17, 15) is 4.79 Å². The van der Waals surface area contributed by atoms with Gasteiger partial charge in [0.1, 0.15) is 6.61 Å². The molecule has 0 aliphatic heterocycles. The number of unbranched alkanes of at least 4 members (excludes halogenated alkanes) is 1. The molecule has 0 aliphatic rings. The van der Waals surface area contributed by atoms with Crippen LogP contribution < -0.4 is 0 Å². The number of carbonyl (C=O) groups is 1. The third-order valence-corrected chi connectivity index (χ3v) is 1.78. The van der Waals surface area contributed by atoms with Crippen molar-refractivity contribution in [2.24, 2.45) is 0 Å². The van der Waals surface area contributed by atoms with Crippen LogP contribution in [0.3, 0.4) is 0 Å². The third kappa shape index (κ3) is 8.06. The molecule has 78 valence electrons. The minimum Gasteiger partial charge on any atom is -0.444 e. The van der Waals surface area contributed by atoms with Gasteiger partial charge in [0.25, 0.3) is 0 Å². The lowest BCUT2D eigenvalue weighted by atomic mass is 10.3. The van der Waals surface area contributed by atoms with Crippen LogP contribution in [0.1, 0.15) is 33.1 Å². The summed E-state index contributed by atoms with van der Waals surface area (Å²) in [5, 5.41) is 0. The highest BCUT2D eigenvalue weighted by atomic mass is 35.5. The van der Waals surface area contributed by atoms with Crippen molar-refractivity contribution in [1.82, 2.24) is 0 Å². The Morgan fingerprint density at radius 1 is 1.46 bits per heavy atom. The van der Waals surface area contributed by atoms with E-state index in [0.29, 0.717) is 13.0 Å². The van der Waals surface area contributed by atoms with Gasteiger partial charge in [0.2, 0.25) is 0 Å². The highest BCUT2D eigenvalue weighted by Crippen LogP contribution is 2.08. The van der Waals surface area contributed by atoms with E-state index in [4.69, 9.17) is 21.1 Å². The SMILES string of the molecule is CCCCC(Cl)OC(=O)COCC. The van der Waals surface area contributed by atoms with Crippen LogP contribution in [0.25, 0.3) is 0 Å². The summed E-state index contributed by atoms with van der Waals surface area (Å²) in [5.41, 5.74) is -0.507. The third-order valence-electron chi connectivity index (χ3n) is 1.47. The predicted molar refractivity (Wildman–Crippen MR) is 51.8 cm³/mol. The van der Waals surface area contributed by atoms with Crippen LogP contribution in [-0.4, -0.2) is 24.7 Å². The Balaban J connectivity index is 3.41. The Bertz CT molecular complexity index is 139. The van der Waals surface area contributed by atoms with Gasteiger partial charge in [-0.3, -0.25) is 0 Å². The van der Waals surface area contributed by atoms with Crippen LogP contribution in [-0.2, 0) is 14.3 Å². The number of ether oxygens (including phenoxy) is 2. The average molecular weight is 209 g/mol. The Morgan fingerprint density at radius 2 is 2.15 bits per heavy atom. The van der Waals surface area contributed by atoms with Gasteiger partial charge in [0, 0.05) is 6.61 Å². The van der Waals surface area contributed by atoms with Gasteiger partial charge in [0.05, 0.1) is 0 Å². The van der Waals surface area contributed by atoms with Crippen molar-refractivity contribution >= 4 is 17.6 Å². The van der Waals surface area contributed by atoms with Crippen molar-refractivity contribution in [2.75, 3.05) is 13.2 Å². The van der Waals surface area contributed by atoms with E-state index >= 15 is 0 Å². The first kappa shape index (κ1) is 12.7. The van der Waals surface area contributed by atoms with Crippen molar-refractivity contribution in [3.05, 3.63) is 0 Å². The standard InChI is InChI=1S/C9H17ClO3/c1-3-5-6-8(10)13-9(11)7-12-4-2/h8H,3-7H2,1-2H3. The first-order valence-electron chi connectivity index (χ1n) is 4.62. The molecule has 0 N–H and O–H groups in total. The molecule has 0 aromatic rings. The molecule has 13 heavy (non-hydrogen) atoms.